The van der Waals surface area contributed by atoms with Crippen molar-refractivity contribution in [2.75, 3.05) is 26.7 Å². The fourth-order valence-corrected chi connectivity index (χ4v) is 6.38. The molecule has 1 spiro atoms. The van der Waals surface area contributed by atoms with Gasteiger partial charge in [-0.15, -0.1) is 0 Å². The Morgan fingerprint density at radius 2 is 2.05 bits per heavy atom. The van der Waals surface area contributed by atoms with Crippen molar-refractivity contribution in [1.29, 1.82) is 0 Å². The molecule has 0 N–H and O–H groups in total. The maximum absolute atomic E-state index is 14.3. The Labute approximate surface area is 227 Å². The Hall–Kier alpha value is -3.39. The predicted octanol–water partition coefficient (Wildman–Crippen LogP) is 5.30. The number of rotatable bonds is 5. The van der Waals surface area contributed by atoms with E-state index in [4.69, 9.17) is 16.3 Å². The molecule has 0 radical (unpaired) electrons. The molecule has 200 valence electrons. The Bertz CT molecular complexity index is 1370. The zero-order valence-electron chi connectivity index (χ0n) is 22.1. The lowest BCUT2D eigenvalue weighted by Crippen LogP contribution is -2.53. The number of carbonyl (C=O) groups excluding carboxylic acids is 2. The number of hydrogen-bond donors (Lipinski definition) is 0. The molecule has 0 saturated carbocycles. The standard InChI is InChI=1S/C29H32ClFN4O3/c1-18-14-34(17-32-18)26-7-6-21(12-27(26)38-4)25-15-33(20(3)36)16-29(25)8-5-9-35(28(29)37)19(2)22-10-23(30)13-24(31)11-22/h6-7,10-14,17,19,25H,5,8-9,15-16H2,1-4H3/t19-,25?,29?/m0/s1. The van der Waals surface area contributed by atoms with Crippen molar-refractivity contribution in [3.8, 4) is 11.4 Å². The number of methoxy groups -OCH3 is 1. The van der Waals surface area contributed by atoms with Gasteiger partial charge in [0.1, 0.15) is 11.6 Å². The van der Waals surface area contributed by atoms with Gasteiger partial charge in [0.25, 0.3) is 0 Å². The van der Waals surface area contributed by atoms with Crippen LogP contribution in [0.25, 0.3) is 5.69 Å². The zero-order chi connectivity index (χ0) is 27.2. The van der Waals surface area contributed by atoms with Crippen molar-refractivity contribution in [3.63, 3.8) is 0 Å². The highest BCUT2D eigenvalue weighted by atomic mass is 35.5. The number of hydrogen-bond acceptors (Lipinski definition) is 4. The summed E-state index contributed by atoms with van der Waals surface area (Å²) in [7, 11) is 1.62. The minimum absolute atomic E-state index is 0.0151. The molecule has 3 atom stereocenters. The molecular weight excluding hydrogens is 507 g/mol. The molecule has 2 fully saturated rings. The molecule has 9 heteroatoms. The van der Waals surface area contributed by atoms with Gasteiger partial charge >= 0.3 is 0 Å². The third kappa shape index (κ3) is 4.55. The van der Waals surface area contributed by atoms with Crippen LogP contribution in [0.15, 0.2) is 48.9 Å². The second kappa shape index (κ2) is 10.1. The number of benzene rings is 2. The van der Waals surface area contributed by atoms with Crippen LogP contribution >= 0.6 is 11.6 Å². The van der Waals surface area contributed by atoms with Crippen LogP contribution in [-0.4, -0.2) is 57.9 Å². The molecule has 0 aliphatic carbocycles. The molecule has 2 aliphatic heterocycles. The number of aryl methyl sites for hydroxylation is 1. The van der Waals surface area contributed by atoms with Crippen LogP contribution in [0.4, 0.5) is 4.39 Å². The van der Waals surface area contributed by atoms with Crippen LogP contribution in [0.1, 0.15) is 55.5 Å². The van der Waals surface area contributed by atoms with E-state index in [-0.39, 0.29) is 23.8 Å². The molecule has 2 unspecified atom stereocenters. The van der Waals surface area contributed by atoms with Gasteiger partial charge < -0.3 is 19.1 Å². The first-order chi connectivity index (χ1) is 18.1. The lowest BCUT2D eigenvalue weighted by atomic mass is 9.68. The summed E-state index contributed by atoms with van der Waals surface area (Å²) in [4.78, 5) is 34.8. The molecule has 2 saturated heterocycles. The molecule has 3 aromatic rings. The Morgan fingerprint density at radius 1 is 1.26 bits per heavy atom. The van der Waals surface area contributed by atoms with Crippen LogP contribution in [0.3, 0.4) is 0 Å². The third-order valence-electron chi connectivity index (χ3n) is 8.13. The number of ether oxygens (including phenoxy) is 1. The first kappa shape index (κ1) is 26.2. The van der Waals surface area contributed by atoms with E-state index in [0.717, 1.165) is 23.4 Å². The normalized spacial score (nSPS) is 22.3. The summed E-state index contributed by atoms with van der Waals surface area (Å²) in [5, 5.41) is 0.299. The van der Waals surface area contributed by atoms with Gasteiger partial charge in [-0.1, -0.05) is 17.7 Å². The molecular formula is C29H32ClFN4O3. The van der Waals surface area contributed by atoms with Crippen LogP contribution in [0.5, 0.6) is 5.75 Å². The fraction of sp³-hybridized carbons (Fsp3) is 0.414. The lowest BCUT2D eigenvalue weighted by molar-refractivity contribution is -0.149. The van der Waals surface area contributed by atoms with E-state index >= 15 is 0 Å². The van der Waals surface area contributed by atoms with Crippen molar-refractivity contribution >= 4 is 23.4 Å². The Morgan fingerprint density at radius 3 is 2.71 bits per heavy atom. The fourth-order valence-electron chi connectivity index (χ4n) is 6.15. The SMILES string of the molecule is COc1cc(C2CN(C(C)=O)CC23CCCN([C@@H](C)c2cc(F)cc(Cl)c2)C3=O)ccc1-n1cnc(C)c1. The van der Waals surface area contributed by atoms with Gasteiger partial charge in [-0.3, -0.25) is 9.59 Å². The largest absolute Gasteiger partial charge is 0.495 e. The van der Waals surface area contributed by atoms with Crippen molar-refractivity contribution < 1.29 is 18.7 Å². The minimum atomic E-state index is -0.784. The number of amides is 2. The van der Waals surface area contributed by atoms with Gasteiger partial charge in [0, 0.05) is 43.7 Å². The van der Waals surface area contributed by atoms with Crippen molar-refractivity contribution in [3.05, 3.63) is 76.6 Å². The van der Waals surface area contributed by atoms with Gasteiger partial charge in [-0.25, -0.2) is 9.37 Å². The summed E-state index contributed by atoms with van der Waals surface area (Å²) >= 11 is 6.13. The maximum Gasteiger partial charge on any atom is 0.231 e. The highest BCUT2D eigenvalue weighted by molar-refractivity contribution is 6.30. The Kier molecular flexibility index (Phi) is 6.94. The molecule has 0 bridgehead atoms. The van der Waals surface area contributed by atoms with E-state index < -0.39 is 11.2 Å². The van der Waals surface area contributed by atoms with Gasteiger partial charge in [0.15, 0.2) is 0 Å². The van der Waals surface area contributed by atoms with Gasteiger partial charge in [0.2, 0.25) is 11.8 Å². The van der Waals surface area contributed by atoms with Crippen molar-refractivity contribution in [2.24, 2.45) is 5.41 Å². The number of nitrogens with zero attached hydrogens (tertiary/aromatic N) is 4. The van der Waals surface area contributed by atoms with E-state index in [9.17, 15) is 14.0 Å². The summed E-state index contributed by atoms with van der Waals surface area (Å²) in [5.41, 5.74) is 2.56. The molecule has 5 rings (SSSR count). The number of piperidine rings is 1. The van der Waals surface area contributed by atoms with E-state index in [2.05, 4.69) is 4.98 Å². The minimum Gasteiger partial charge on any atom is -0.495 e. The average Bonchev–Trinajstić information content (AvgIpc) is 3.49. The first-order valence-electron chi connectivity index (χ1n) is 12.8. The van der Waals surface area contributed by atoms with E-state index in [1.165, 1.54) is 12.1 Å². The van der Waals surface area contributed by atoms with Crippen LogP contribution in [-0.2, 0) is 9.59 Å². The number of halogens is 2. The summed E-state index contributed by atoms with van der Waals surface area (Å²) in [6, 6.07) is 10.0. The first-order valence-corrected chi connectivity index (χ1v) is 13.2. The Balaban J connectivity index is 1.54. The molecule has 7 nitrogen and oxygen atoms in total. The monoisotopic (exact) mass is 538 g/mol. The summed E-state index contributed by atoms with van der Waals surface area (Å²) in [6.45, 7) is 6.73. The van der Waals surface area contributed by atoms with E-state index in [1.54, 1.807) is 31.3 Å². The molecule has 38 heavy (non-hydrogen) atoms. The maximum atomic E-state index is 14.3. The predicted molar refractivity (Wildman–Crippen MR) is 143 cm³/mol. The van der Waals surface area contributed by atoms with Crippen LogP contribution < -0.4 is 4.74 Å². The summed E-state index contributed by atoms with van der Waals surface area (Å²) in [5.74, 6) is -0.0464. The highest BCUT2D eigenvalue weighted by Crippen LogP contribution is 2.51. The molecule has 3 heterocycles. The van der Waals surface area contributed by atoms with Crippen LogP contribution in [0.2, 0.25) is 5.02 Å². The van der Waals surface area contributed by atoms with Crippen LogP contribution in [0, 0.1) is 18.2 Å². The van der Waals surface area contributed by atoms with Crippen molar-refractivity contribution in [2.45, 2.75) is 45.6 Å². The molecule has 1 aromatic heterocycles. The number of aromatic nitrogens is 2. The smallest absolute Gasteiger partial charge is 0.231 e. The van der Waals surface area contributed by atoms with Crippen molar-refractivity contribution in [1.82, 2.24) is 19.4 Å². The van der Waals surface area contributed by atoms with Gasteiger partial charge in [0.05, 0.1) is 36.3 Å². The summed E-state index contributed by atoms with van der Waals surface area (Å²) in [6.07, 6.45) is 5.11. The highest BCUT2D eigenvalue weighted by Gasteiger charge is 2.56. The average molecular weight is 539 g/mol. The number of likely N-dealkylation sites (tertiary alicyclic amines) is 2. The molecule has 2 aliphatic rings. The zero-order valence-corrected chi connectivity index (χ0v) is 22.8. The third-order valence-corrected chi connectivity index (χ3v) is 8.35. The summed E-state index contributed by atoms with van der Waals surface area (Å²) < 4.78 is 21.8. The van der Waals surface area contributed by atoms with E-state index in [1.807, 2.05) is 47.7 Å². The van der Waals surface area contributed by atoms with Gasteiger partial charge in [-0.05, 0) is 68.1 Å². The quantitative estimate of drug-likeness (QED) is 0.442. The second-order valence-corrected chi connectivity index (χ2v) is 10.9. The second-order valence-electron chi connectivity index (χ2n) is 10.4. The topological polar surface area (TPSA) is 67.7 Å². The number of carbonyl (C=O) groups is 2. The van der Waals surface area contributed by atoms with E-state index in [0.29, 0.717) is 42.4 Å². The lowest BCUT2D eigenvalue weighted by Gasteiger charge is -2.45. The molecule has 2 amide bonds. The molecule has 2 aromatic carbocycles. The van der Waals surface area contributed by atoms with Gasteiger partial charge in [-0.2, -0.15) is 0 Å². The number of imidazole rings is 1.